The molecule has 4 heterocycles. The van der Waals surface area contributed by atoms with E-state index >= 15 is 0 Å². The van der Waals surface area contributed by atoms with Crippen molar-refractivity contribution in [2.24, 2.45) is 0 Å². The zero-order valence-corrected chi connectivity index (χ0v) is 20.3. The molecule has 2 aromatic heterocycles. The second kappa shape index (κ2) is 8.22. The molecule has 8 heteroatoms. The summed E-state index contributed by atoms with van der Waals surface area (Å²) in [6.45, 7) is 5.67. The van der Waals surface area contributed by atoms with Crippen molar-refractivity contribution in [3.8, 4) is 0 Å². The molecule has 2 aromatic carbocycles. The first-order valence-electron chi connectivity index (χ1n) is 11.2. The summed E-state index contributed by atoms with van der Waals surface area (Å²) < 4.78 is 2.25. The van der Waals surface area contributed by atoms with Crippen LogP contribution in [0.25, 0.3) is 10.8 Å². The van der Waals surface area contributed by atoms with Gasteiger partial charge in [0.25, 0.3) is 0 Å². The molecule has 2 aliphatic rings. The molecule has 0 unspecified atom stereocenters. The number of hydrogen-bond acceptors (Lipinski definition) is 6. The fourth-order valence-electron chi connectivity index (χ4n) is 5.10. The van der Waals surface area contributed by atoms with Crippen LogP contribution in [0.1, 0.15) is 23.9 Å². The smallest absolute Gasteiger partial charge is 0.189 e. The maximum Gasteiger partial charge on any atom is 0.189 e. The van der Waals surface area contributed by atoms with Gasteiger partial charge in [0.2, 0.25) is 0 Å². The van der Waals surface area contributed by atoms with Crippen LogP contribution >= 0.6 is 23.4 Å². The topological polar surface area (TPSA) is 50.1 Å². The number of imidazole rings is 1. The Morgan fingerprint density at radius 3 is 2.79 bits per heavy atom. The first kappa shape index (κ1) is 20.8. The molecule has 0 N–H and O–H groups in total. The van der Waals surface area contributed by atoms with Crippen molar-refractivity contribution in [3.63, 3.8) is 0 Å². The van der Waals surface area contributed by atoms with Gasteiger partial charge in [0.15, 0.2) is 5.16 Å². The highest BCUT2D eigenvalue weighted by Crippen LogP contribution is 2.37. The molecule has 0 radical (unpaired) electrons. The maximum atomic E-state index is 6.63. The quantitative estimate of drug-likeness (QED) is 0.300. The van der Waals surface area contributed by atoms with Gasteiger partial charge >= 0.3 is 0 Å². The van der Waals surface area contributed by atoms with Crippen molar-refractivity contribution in [1.29, 1.82) is 0 Å². The number of benzene rings is 2. The van der Waals surface area contributed by atoms with Crippen LogP contribution < -0.4 is 9.80 Å². The highest BCUT2D eigenvalue weighted by atomic mass is 35.5. The van der Waals surface area contributed by atoms with E-state index < -0.39 is 0 Å². The molecule has 6 nitrogen and oxygen atoms in total. The Morgan fingerprint density at radius 2 is 1.94 bits per heavy atom. The Hall–Kier alpha value is -2.77. The van der Waals surface area contributed by atoms with Crippen molar-refractivity contribution in [3.05, 3.63) is 70.9 Å². The molecule has 0 spiro atoms. The lowest BCUT2D eigenvalue weighted by molar-refractivity contribution is 0.467. The molecule has 0 bridgehead atoms. The van der Waals surface area contributed by atoms with Gasteiger partial charge in [0, 0.05) is 42.0 Å². The minimum atomic E-state index is 0.343. The van der Waals surface area contributed by atoms with Gasteiger partial charge in [-0.3, -0.25) is 0 Å². The Labute approximate surface area is 202 Å². The van der Waals surface area contributed by atoms with Gasteiger partial charge in [0.05, 0.1) is 35.8 Å². The van der Waals surface area contributed by atoms with Crippen LogP contribution in [0.3, 0.4) is 0 Å². The van der Waals surface area contributed by atoms with Gasteiger partial charge in [-0.1, -0.05) is 47.6 Å². The van der Waals surface area contributed by atoms with Gasteiger partial charge in [-0.15, -0.1) is 0 Å². The third kappa shape index (κ3) is 3.54. The Bertz CT molecular complexity index is 1350. The van der Waals surface area contributed by atoms with Crippen LogP contribution in [0.5, 0.6) is 0 Å². The number of hydrogen-bond donors (Lipinski definition) is 0. The number of anilines is 2. The van der Waals surface area contributed by atoms with E-state index in [-0.39, 0.29) is 0 Å². The van der Waals surface area contributed by atoms with Crippen molar-refractivity contribution in [1.82, 2.24) is 19.5 Å². The van der Waals surface area contributed by atoms with E-state index in [0.29, 0.717) is 6.04 Å². The summed E-state index contributed by atoms with van der Waals surface area (Å²) in [5, 5.41) is 3.90. The second-order valence-electron chi connectivity index (χ2n) is 8.76. The number of aromatic nitrogens is 4. The zero-order chi connectivity index (χ0) is 22.5. The van der Waals surface area contributed by atoms with Crippen molar-refractivity contribution < 1.29 is 0 Å². The predicted octanol–water partition coefficient (Wildman–Crippen LogP) is 5.17. The minimum Gasteiger partial charge on any atom is -0.365 e. The molecule has 0 aliphatic carbocycles. The van der Waals surface area contributed by atoms with Crippen LogP contribution in [0.15, 0.2) is 54.1 Å². The molecule has 6 rings (SSSR count). The van der Waals surface area contributed by atoms with E-state index in [0.717, 1.165) is 65.1 Å². The predicted molar refractivity (Wildman–Crippen MR) is 135 cm³/mol. The maximum absolute atomic E-state index is 6.63. The first-order valence-corrected chi connectivity index (χ1v) is 12.8. The molecule has 2 aliphatic heterocycles. The summed E-state index contributed by atoms with van der Waals surface area (Å²) >= 11 is 8.24. The Balaban J connectivity index is 1.40. The van der Waals surface area contributed by atoms with Gasteiger partial charge < -0.3 is 14.4 Å². The lowest BCUT2D eigenvalue weighted by Crippen LogP contribution is -2.43. The van der Waals surface area contributed by atoms with E-state index in [2.05, 4.69) is 50.5 Å². The van der Waals surface area contributed by atoms with Crippen molar-refractivity contribution >= 4 is 45.6 Å². The fraction of sp³-hybridized carbons (Fsp3) is 0.320. The third-order valence-corrected chi connectivity index (χ3v) is 7.64. The SMILES string of the molecule is CSc1nc2c(c(N3Cc4cncn4C[C@H]3C)n1)CCN(c1cccc3cccc(Cl)c13)C2. The number of nitrogens with zero attached hydrogens (tertiary/aromatic N) is 6. The molecular formula is C25H25ClN6S. The summed E-state index contributed by atoms with van der Waals surface area (Å²) in [6.07, 6.45) is 6.85. The van der Waals surface area contributed by atoms with E-state index in [9.17, 15) is 0 Å². The number of thioether (sulfide) groups is 1. The number of halogens is 1. The molecule has 0 amide bonds. The lowest BCUT2D eigenvalue weighted by atomic mass is 10.0. The molecule has 168 valence electrons. The normalized spacial score (nSPS) is 17.8. The van der Waals surface area contributed by atoms with Crippen LogP contribution in [0, 0.1) is 0 Å². The summed E-state index contributed by atoms with van der Waals surface area (Å²) in [7, 11) is 0. The number of rotatable bonds is 3. The van der Waals surface area contributed by atoms with E-state index in [1.54, 1.807) is 11.8 Å². The Morgan fingerprint density at radius 1 is 1.09 bits per heavy atom. The molecule has 33 heavy (non-hydrogen) atoms. The van der Waals surface area contributed by atoms with E-state index in [4.69, 9.17) is 21.6 Å². The van der Waals surface area contributed by atoms with Gasteiger partial charge in [0.1, 0.15) is 5.82 Å². The molecule has 1 atom stereocenters. The molecule has 0 fully saturated rings. The van der Waals surface area contributed by atoms with Gasteiger partial charge in [-0.05, 0) is 37.1 Å². The lowest BCUT2D eigenvalue weighted by Gasteiger charge is -2.38. The summed E-state index contributed by atoms with van der Waals surface area (Å²) in [5.41, 5.74) is 4.79. The van der Waals surface area contributed by atoms with Crippen LogP contribution in [-0.4, -0.2) is 38.4 Å². The summed E-state index contributed by atoms with van der Waals surface area (Å²) in [5.74, 6) is 1.08. The van der Waals surface area contributed by atoms with Gasteiger partial charge in [-0.25, -0.2) is 15.0 Å². The second-order valence-corrected chi connectivity index (χ2v) is 9.94. The average molecular weight is 477 g/mol. The highest BCUT2D eigenvalue weighted by Gasteiger charge is 2.30. The standard InChI is InChI=1S/C25H25ClN6S/c1-16-12-31-15-27-11-18(31)13-32(16)24-19-9-10-30(14-21(19)28-25(29-24)33-2)22-8-4-6-17-5-3-7-20(26)23(17)22/h3-8,11,15-16H,9-10,12-14H2,1-2H3/t16-/m1/s1. The minimum absolute atomic E-state index is 0.343. The van der Waals surface area contributed by atoms with Crippen molar-refractivity contribution in [2.45, 2.75) is 44.2 Å². The highest BCUT2D eigenvalue weighted by molar-refractivity contribution is 7.98. The molecular weight excluding hydrogens is 452 g/mol. The molecule has 0 saturated heterocycles. The summed E-state index contributed by atoms with van der Waals surface area (Å²) in [6, 6.07) is 12.9. The molecule has 4 aromatic rings. The summed E-state index contributed by atoms with van der Waals surface area (Å²) in [4.78, 5) is 19.2. The van der Waals surface area contributed by atoms with E-state index in [1.165, 1.54) is 16.9 Å². The Kier molecular flexibility index (Phi) is 5.18. The number of fused-ring (bicyclic) bond motifs is 3. The third-order valence-electron chi connectivity index (χ3n) is 6.77. The average Bonchev–Trinajstić information content (AvgIpc) is 3.29. The van der Waals surface area contributed by atoms with E-state index in [1.807, 2.05) is 30.9 Å². The molecule has 0 saturated carbocycles. The largest absolute Gasteiger partial charge is 0.365 e. The van der Waals surface area contributed by atoms with Crippen LogP contribution in [0.2, 0.25) is 5.02 Å². The monoisotopic (exact) mass is 476 g/mol. The zero-order valence-electron chi connectivity index (χ0n) is 18.7. The fourth-order valence-corrected chi connectivity index (χ4v) is 5.76. The van der Waals surface area contributed by atoms with Crippen molar-refractivity contribution in [2.75, 3.05) is 22.6 Å². The van der Waals surface area contributed by atoms with Crippen LogP contribution in [0.4, 0.5) is 11.5 Å². The van der Waals surface area contributed by atoms with Gasteiger partial charge in [-0.2, -0.15) is 0 Å². The van der Waals surface area contributed by atoms with Crippen LogP contribution in [-0.2, 0) is 26.1 Å². The first-order chi connectivity index (χ1) is 16.1.